The van der Waals surface area contributed by atoms with E-state index in [2.05, 4.69) is 10.3 Å². The maximum atomic E-state index is 12.7. The predicted octanol–water partition coefficient (Wildman–Crippen LogP) is 2.29. The summed E-state index contributed by atoms with van der Waals surface area (Å²) in [4.78, 5) is 43.9. The molecule has 1 fully saturated rings. The summed E-state index contributed by atoms with van der Waals surface area (Å²) in [6.07, 6.45) is 1.44. The largest absolute Gasteiger partial charge is 0.339 e. The molecule has 0 spiro atoms. The van der Waals surface area contributed by atoms with Gasteiger partial charge < -0.3 is 15.1 Å². The zero-order valence-corrected chi connectivity index (χ0v) is 15.6. The molecule has 140 valence electrons. The van der Waals surface area contributed by atoms with Crippen molar-refractivity contribution in [3.05, 3.63) is 58.9 Å². The summed E-state index contributed by atoms with van der Waals surface area (Å²) < 4.78 is 0. The maximum Gasteiger partial charge on any atom is 0.272 e. The van der Waals surface area contributed by atoms with E-state index in [0.717, 1.165) is 0 Å². The number of carbonyl (C=O) groups excluding carboxylic acids is 3. The van der Waals surface area contributed by atoms with Gasteiger partial charge in [-0.2, -0.15) is 0 Å². The molecule has 1 saturated heterocycles. The third kappa shape index (κ3) is 4.62. The highest BCUT2D eigenvalue weighted by molar-refractivity contribution is 6.30. The summed E-state index contributed by atoms with van der Waals surface area (Å²) in [5.41, 5.74) is 1.15. The molecule has 1 aliphatic rings. The van der Waals surface area contributed by atoms with E-state index in [1.54, 1.807) is 40.1 Å². The van der Waals surface area contributed by atoms with E-state index in [9.17, 15) is 14.4 Å². The molecule has 7 nitrogen and oxygen atoms in total. The minimum Gasteiger partial charge on any atom is -0.339 e. The summed E-state index contributed by atoms with van der Waals surface area (Å²) in [6.45, 7) is 3.40. The van der Waals surface area contributed by atoms with Crippen LogP contribution >= 0.6 is 11.6 Å². The minimum atomic E-state index is -0.338. The molecule has 1 aromatic carbocycles. The van der Waals surface area contributed by atoms with Crippen molar-refractivity contribution >= 4 is 35.0 Å². The van der Waals surface area contributed by atoms with E-state index in [0.29, 0.717) is 42.5 Å². The van der Waals surface area contributed by atoms with Crippen LogP contribution in [0.4, 0.5) is 5.69 Å². The highest BCUT2D eigenvalue weighted by atomic mass is 35.5. The Morgan fingerprint density at radius 1 is 1.00 bits per heavy atom. The lowest BCUT2D eigenvalue weighted by Crippen LogP contribution is -2.50. The Hall–Kier alpha value is -2.93. The maximum absolute atomic E-state index is 12.7. The van der Waals surface area contributed by atoms with Crippen molar-refractivity contribution in [2.24, 2.45) is 0 Å². The van der Waals surface area contributed by atoms with Crippen LogP contribution in [0.25, 0.3) is 0 Å². The molecule has 3 rings (SSSR count). The van der Waals surface area contributed by atoms with Crippen LogP contribution in [0.3, 0.4) is 0 Å². The smallest absolute Gasteiger partial charge is 0.272 e. The SMILES string of the molecule is CC(=O)N1CCN(C(=O)c2cc(C(=O)Nc3ccc(Cl)cc3)ccn2)CC1. The van der Waals surface area contributed by atoms with Crippen molar-refractivity contribution in [1.29, 1.82) is 0 Å². The van der Waals surface area contributed by atoms with E-state index in [4.69, 9.17) is 11.6 Å². The second-order valence-corrected chi connectivity index (χ2v) is 6.63. The first-order valence-electron chi connectivity index (χ1n) is 8.52. The normalized spacial score (nSPS) is 14.0. The van der Waals surface area contributed by atoms with Gasteiger partial charge in [0, 0.05) is 55.6 Å². The molecule has 27 heavy (non-hydrogen) atoms. The van der Waals surface area contributed by atoms with Crippen molar-refractivity contribution in [2.75, 3.05) is 31.5 Å². The number of piperazine rings is 1. The van der Waals surface area contributed by atoms with Crippen molar-refractivity contribution in [1.82, 2.24) is 14.8 Å². The fourth-order valence-corrected chi connectivity index (χ4v) is 2.94. The summed E-state index contributed by atoms with van der Waals surface area (Å²) in [7, 11) is 0. The Kier molecular flexibility index (Phi) is 5.71. The van der Waals surface area contributed by atoms with Crippen LogP contribution in [-0.2, 0) is 4.79 Å². The number of nitrogens with one attached hydrogen (secondary N) is 1. The van der Waals surface area contributed by atoms with Crippen LogP contribution in [0.1, 0.15) is 27.8 Å². The third-order valence-corrected chi connectivity index (χ3v) is 4.61. The highest BCUT2D eigenvalue weighted by Crippen LogP contribution is 2.15. The molecule has 0 radical (unpaired) electrons. The Bertz CT molecular complexity index is 862. The predicted molar refractivity (Wildman–Crippen MR) is 102 cm³/mol. The van der Waals surface area contributed by atoms with Crippen LogP contribution in [0, 0.1) is 0 Å². The molecular formula is C19H19ClN4O3. The monoisotopic (exact) mass is 386 g/mol. The third-order valence-electron chi connectivity index (χ3n) is 4.36. The molecule has 0 unspecified atom stereocenters. The minimum absolute atomic E-state index is 0.00101. The summed E-state index contributed by atoms with van der Waals surface area (Å²) in [5, 5.41) is 3.33. The number of amides is 3. The molecule has 1 aliphatic heterocycles. The quantitative estimate of drug-likeness (QED) is 0.877. The first-order chi connectivity index (χ1) is 12.9. The number of hydrogen-bond acceptors (Lipinski definition) is 4. The molecule has 8 heteroatoms. The van der Waals surface area contributed by atoms with Gasteiger partial charge in [0.05, 0.1) is 0 Å². The fourth-order valence-electron chi connectivity index (χ4n) is 2.81. The Morgan fingerprint density at radius 3 is 2.26 bits per heavy atom. The van der Waals surface area contributed by atoms with E-state index in [1.807, 2.05) is 0 Å². The Labute approximate surface area is 161 Å². The molecule has 1 N–H and O–H groups in total. The van der Waals surface area contributed by atoms with Gasteiger partial charge >= 0.3 is 0 Å². The second kappa shape index (κ2) is 8.18. The van der Waals surface area contributed by atoms with E-state index >= 15 is 0 Å². The van der Waals surface area contributed by atoms with Gasteiger partial charge in [-0.25, -0.2) is 0 Å². The summed E-state index contributed by atoms with van der Waals surface area (Å²) in [5.74, 6) is -0.587. The number of rotatable bonds is 3. The van der Waals surface area contributed by atoms with Gasteiger partial charge in [-0.05, 0) is 36.4 Å². The lowest BCUT2D eigenvalue weighted by molar-refractivity contribution is -0.130. The lowest BCUT2D eigenvalue weighted by Gasteiger charge is -2.34. The molecule has 0 saturated carbocycles. The first kappa shape index (κ1) is 18.8. The van der Waals surface area contributed by atoms with Gasteiger partial charge in [0.15, 0.2) is 0 Å². The highest BCUT2D eigenvalue weighted by Gasteiger charge is 2.24. The number of halogens is 1. The average molecular weight is 387 g/mol. The standard InChI is InChI=1S/C19H19ClN4O3/c1-13(25)23-8-10-24(11-9-23)19(27)17-12-14(6-7-21-17)18(26)22-16-4-2-15(20)3-5-16/h2-7,12H,8-11H2,1H3,(H,22,26). The van der Waals surface area contributed by atoms with Gasteiger partial charge in [-0.15, -0.1) is 0 Å². The van der Waals surface area contributed by atoms with Crippen molar-refractivity contribution < 1.29 is 14.4 Å². The molecule has 2 heterocycles. The Morgan fingerprint density at radius 2 is 1.63 bits per heavy atom. The average Bonchev–Trinajstić information content (AvgIpc) is 2.69. The molecule has 0 aliphatic carbocycles. The number of hydrogen-bond donors (Lipinski definition) is 1. The summed E-state index contributed by atoms with van der Waals surface area (Å²) in [6, 6.07) is 9.78. The van der Waals surface area contributed by atoms with Crippen molar-refractivity contribution in [3.63, 3.8) is 0 Å². The number of pyridine rings is 1. The second-order valence-electron chi connectivity index (χ2n) is 6.19. The number of aromatic nitrogens is 1. The van der Waals surface area contributed by atoms with Gasteiger partial charge in [-0.1, -0.05) is 11.6 Å². The van der Waals surface area contributed by atoms with Gasteiger partial charge in [0.1, 0.15) is 5.69 Å². The molecule has 1 aromatic heterocycles. The van der Waals surface area contributed by atoms with Crippen LogP contribution in [0.5, 0.6) is 0 Å². The zero-order valence-electron chi connectivity index (χ0n) is 14.8. The van der Waals surface area contributed by atoms with E-state index in [-0.39, 0.29) is 23.4 Å². The van der Waals surface area contributed by atoms with Gasteiger partial charge in [0.2, 0.25) is 5.91 Å². The number of benzene rings is 1. The topological polar surface area (TPSA) is 82.6 Å². The van der Waals surface area contributed by atoms with Crippen molar-refractivity contribution in [3.8, 4) is 0 Å². The number of carbonyl (C=O) groups is 3. The summed E-state index contributed by atoms with van der Waals surface area (Å²) >= 11 is 5.84. The number of nitrogens with zero attached hydrogens (tertiary/aromatic N) is 3. The van der Waals surface area contributed by atoms with Crippen LogP contribution in [-0.4, -0.2) is 58.7 Å². The molecule has 3 amide bonds. The molecule has 0 bridgehead atoms. The molecule has 0 atom stereocenters. The van der Waals surface area contributed by atoms with E-state index in [1.165, 1.54) is 19.2 Å². The van der Waals surface area contributed by atoms with Crippen LogP contribution in [0.2, 0.25) is 5.02 Å². The van der Waals surface area contributed by atoms with Crippen molar-refractivity contribution in [2.45, 2.75) is 6.92 Å². The fraction of sp³-hybridized carbons (Fsp3) is 0.263. The lowest BCUT2D eigenvalue weighted by atomic mass is 10.2. The first-order valence-corrected chi connectivity index (χ1v) is 8.89. The van der Waals surface area contributed by atoms with Crippen LogP contribution in [0.15, 0.2) is 42.6 Å². The van der Waals surface area contributed by atoms with E-state index < -0.39 is 0 Å². The molecule has 2 aromatic rings. The van der Waals surface area contributed by atoms with Gasteiger partial charge in [-0.3, -0.25) is 19.4 Å². The van der Waals surface area contributed by atoms with Gasteiger partial charge in [0.25, 0.3) is 11.8 Å². The number of anilines is 1. The van der Waals surface area contributed by atoms with Crippen LogP contribution < -0.4 is 5.32 Å². The molecular weight excluding hydrogens is 368 g/mol. The Balaban J connectivity index is 1.67. The zero-order chi connectivity index (χ0) is 19.4.